The van der Waals surface area contributed by atoms with Crippen molar-refractivity contribution in [2.75, 3.05) is 0 Å². The molecule has 2 aromatic rings. The number of benzene rings is 1. The second-order valence-corrected chi connectivity index (χ2v) is 3.45. The minimum Gasteiger partial charge on any atom is -0.368 e. The van der Waals surface area contributed by atoms with Crippen molar-refractivity contribution in [1.29, 1.82) is 0 Å². The third-order valence-corrected chi connectivity index (χ3v) is 2.20. The summed E-state index contributed by atoms with van der Waals surface area (Å²) in [6.07, 6.45) is 6.75. The van der Waals surface area contributed by atoms with E-state index in [-0.39, 0.29) is 0 Å². The molecule has 2 rings (SSSR count). The highest BCUT2D eigenvalue weighted by Crippen LogP contribution is 2.07. The van der Waals surface area contributed by atoms with Crippen LogP contribution < -0.4 is 0 Å². The predicted octanol–water partition coefficient (Wildman–Crippen LogP) is 3.47. The second kappa shape index (κ2) is 7.46. The van der Waals surface area contributed by atoms with Gasteiger partial charge in [-0.05, 0) is 24.1 Å². The standard InChI is InChI=1S/C10H12O.C4H5N/c1-2-5-9-6-3-4-7-10(9)8-11;1-2-4-5-3-1/h3-4,6-8H,2,5H2,1H3;1-5H. The number of aryl methyl sites for hydroxylation is 1. The smallest absolute Gasteiger partial charge is 0.150 e. The fourth-order valence-corrected chi connectivity index (χ4v) is 1.42. The van der Waals surface area contributed by atoms with Crippen LogP contribution in [0, 0.1) is 0 Å². The first-order valence-electron chi connectivity index (χ1n) is 5.49. The molecule has 1 aromatic carbocycles. The van der Waals surface area contributed by atoms with Crippen molar-refractivity contribution in [3.63, 3.8) is 0 Å². The summed E-state index contributed by atoms with van der Waals surface area (Å²) < 4.78 is 0. The highest BCUT2D eigenvalue weighted by Gasteiger charge is 1.96. The Kier molecular flexibility index (Phi) is 5.71. The number of aldehydes is 1. The Morgan fingerprint density at radius 2 is 1.81 bits per heavy atom. The van der Waals surface area contributed by atoms with Gasteiger partial charge < -0.3 is 4.98 Å². The SMILES string of the molecule is CCCc1ccccc1C=O.c1cc[nH]c1. The van der Waals surface area contributed by atoms with Crippen molar-refractivity contribution in [3.05, 3.63) is 59.9 Å². The topological polar surface area (TPSA) is 32.9 Å². The molecule has 16 heavy (non-hydrogen) atoms. The molecule has 0 amide bonds. The van der Waals surface area contributed by atoms with Crippen LogP contribution in [0.1, 0.15) is 29.3 Å². The van der Waals surface area contributed by atoms with Crippen LogP contribution in [0.2, 0.25) is 0 Å². The molecular formula is C14H17NO. The molecule has 1 N–H and O–H groups in total. The van der Waals surface area contributed by atoms with Crippen molar-refractivity contribution in [1.82, 2.24) is 4.98 Å². The van der Waals surface area contributed by atoms with Crippen LogP contribution in [-0.4, -0.2) is 11.3 Å². The molecule has 0 saturated heterocycles. The van der Waals surface area contributed by atoms with Gasteiger partial charge in [0.15, 0.2) is 0 Å². The lowest BCUT2D eigenvalue weighted by atomic mass is 10.0. The van der Waals surface area contributed by atoms with Crippen LogP contribution in [0.4, 0.5) is 0 Å². The summed E-state index contributed by atoms with van der Waals surface area (Å²) in [4.78, 5) is 13.4. The fourth-order valence-electron chi connectivity index (χ4n) is 1.42. The average molecular weight is 215 g/mol. The number of aromatic amines is 1. The van der Waals surface area contributed by atoms with E-state index >= 15 is 0 Å². The fraction of sp³-hybridized carbons (Fsp3) is 0.214. The summed E-state index contributed by atoms with van der Waals surface area (Å²) in [5.74, 6) is 0. The van der Waals surface area contributed by atoms with Gasteiger partial charge in [-0.3, -0.25) is 4.79 Å². The predicted molar refractivity (Wildman–Crippen MR) is 66.6 cm³/mol. The summed E-state index contributed by atoms with van der Waals surface area (Å²) in [6, 6.07) is 11.6. The first kappa shape index (κ1) is 12.2. The first-order valence-corrected chi connectivity index (χ1v) is 5.49. The van der Waals surface area contributed by atoms with Crippen LogP contribution in [0.15, 0.2) is 48.8 Å². The summed E-state index contributed by atoms with van der Waals surface area (Å²) >= 11 is 0. The first-order chi connectivity index (χ1) is 7.88. The third kappa shape index (κ3) is 4.13. The van der Waals surface area contributed by atoms with Gasteiger partial charge in [-0.1, -0.05) is 37.6 Å². The van der Waals surface area contributed by atoms with Gasteiger partial charge in [-0.25, -0.2) is 0 Å². The van der Waals surface area contributed by atoms with Gasteiger partial charge >= 0.3 is 0 Å². The molecule has 0 bridgehead atoms. The maximum absolute atomic E-state index is 10.5. The Labute approximate surface area is 96.3 Å². The number of hydrogen-bond donors (Lipinski definition) is 1. The molecule has 0 spiro atoms. The number of carbonyl (C=O) groups is 1. The molecule has 1 aromatic heterocycles. The third-order valence-electron chi connectivity index (χ3n) is 2.20. The lowest BCUT2D eigenvalue weighted by Gasteiger charge is -2.00. The molecule has 2 nitrogen and oxygen atoms in total. The number of aromatic nitrogens is 1. The van der Waals surface area contributed by atoms with E-state index in [1.807, 2.05) is 48.8 Å². The molecule has 1 heterocycles. The quantitative estimate of drug-likeness (QED) is 0.781. The van der Waals surface area contributed by atoms with E-state index in [2.05, 4.69) is 11.9 Å². The maximum Gasteiger partial charge on any atom is 0.150 e. The van der Waals surface area contributed by atoms with Crippen molar-refractivity contribution < 1.29 is 4.79 Å². The Balaban J connectivity index is 0.000000212. The van der Waals surface area contributed by atoms with Crippen LogP contribution in [0.25, 0.3) is 0 Å². The Hall–Kier alpha value is -1.83. The van der Waals surface area contributed by atoms with Crippen LogP contribution in [0.5, 0.6) is 0 Å². The van der Waals surface area contributed by atoms with Crippen molar-refractivity contribution in [3.8, 4) is 0 Å². The minimum absolute atomic E-state index is 0.828. The summed E-state index contributed by atoms with van der Waals surface area (Å²) in [6.45, 7) is 2.11. The van der Waals surface area contributed by atoms with Gasteiger partial charge in [-0.15, -0.1) is 0 Å². The minimum atomic E-state index is 0.828. The molecule has 2 heteroatoms. The van der Waals surface area contributed by atoms with E-state index in [1.54, 1.807) is 0 Å². The Morgan fingerprint density at radius 3 is 2.31 bits per heavy atom. The zero-order valence-corrected chi connectivity index (χ0v) is 9.52. The van der Waals surface area contributed by atoms with E-state index in [1.165, 1.54) is 0 Å². The normalized spacial score (nSPS) is 9.06. The number of carbonyl (C=O) groups excluding carboxylic acids is 1. The van der Waals surface area contributed by atoms with Gasteiger partial charge in [0.25, 0.3) is 0 Å². The Bertz CT molecular complexity index is 376. The highest BCUT2D eigenvalue weighted by molar-refractivity contribution is 5.77. The lowest BCUT2D eigenvalue weighted by molar-refractivity contribution is 0.112. The van der Waals surface area contributed by atoms with Gasteiger partial charge in [-0.2, -0.15) is 0 Å². The van der Waals surface area contributed by atoms with Crippen LogP contribution in [0.3, 0.4) is 0 Å². The monoisotopic (exact) mass is 215 g/mol. The number of H-pyrrole nitrogens is 1. The molecule has 0 aliphatic rings. The molecule has 0 saturated carbocycles. The molecule has 0 aliphatic carbocycles. The van der Waals surface area contributed by atoms with Crippen molar-refractivity contribution in [2.24, 2.45) is 0 Å². The molecular weight excluding hydrogens is 198 g/mol. The maximum atomic E-state index is 10.5. The lowest BCUT2D eigenvalue weighted by Crippen LogP contribution is -1.90. The molecule has 0 unspecified atom stereocenters. The van der Waals surface area contributed by atoms with E-state index in [4.69, 9.17) is 0 Å². The van der Waals surface area contributed by atoms with Crippen LogP contribution in [-0.2, 0) is 6.42 Å². The number of hydrogen-bond acceptors (Lipinski definition) is 1. The number of rotatable bonds is 3. The van der Waals surface area contributed by atoms with E-state index in [9.17, 15) is 4.79 Å². The molecule has 0 fully saturated rings. The van der Waals surface area contributed by atoms with Gasteiger partial charge in [0.05, 0.1) is 0 Å². The molecule has 0 aliphatic heterocycles. The van der Waals surface area contributed by atoms with Crippen molar-refractivity contribution in [2.45, 2.75) is 19.8 Å². The molecule has 0 atom stereocenters. The molecule has 84 valence electrons. The van der Waals surface area contributed by atoms with Gasteiger partial charge in [0.2, 0.25) is 0 Å². The van der Waals surface area contributed by atoms with Gasteiger partial charge in [0, 0.05) is 18.0 Å². The zero-order chi connectivity index (χ0) is 11.6. The average Bonchev–Trinajstić information content (AvgIpc) is 2.89. The van der Waals surface area contributed by atoms with Gasteiger partial charge in [0.1, 0.15) is 6.29 Å². The number of nitrogens with one attached hydrogen (secondary N) is 1. The summed E-state index contributed by atoms with van der Waals surface area (Å²) in [5, 5.41) is 0. The van der Waals surface area contributed by atoms with Crippen molar-refractivity contribution >= 4 is 6.29 Å². The second-order valence-electron chi connectivity index (χ2n) is 3.45. The zero-order valence-electron chi connectivity index (χ0n) is 9.52. The van der Waals surface area contributed by atoms with E-state index in [0.717, 1.165) is 30.3 Å². The largest absolute Gasteiger partial charge is 0.368 e. The summed E-state index contributed by atoms with van der Waals surface area (Å²) in [5.41, 5.74) is 1.99. The highest BCUT2D eigenvalue weighted by atomic mass is 16.1. The van der Waals surface area contributed by atoms with E-state index in [0.29, 0.717) is 0 Å². The Morgan fingerprint density at radius 1 is 1.12 bits per heavy atom. The van der Waals surface area contributed by atoms with Crippen LogP contribution >= 0.6 is 0 Å². The van der Waals surface area contributed by atoms with E-state index < -0.39 is 0 Å². The summed E-state index contributed by atoms with van der Waals surface area (Å²) in [7, 11) is 0. The molecule has 0 radical (unpaired) electrons.